The lowest BCUT2D eigenvalue weighted by molar-refractivity contribution is 0.0598. The van der Waals surface area contributed by atoms with E-state index in [9.17, 15) is 9.59 Å². The van der Waals surface area contributed by atoms with Crippen molar-refractivity contribution in [3.05, 3.63) is 43.9 Å². The number of aromatic nitrogens is 1. The third-order valence-electron chi connectivity index (χ3n) is 4.00. The Morgan fingerprint density at radius 3 is 2.58 bits per heavy atom. The zero-order valence-electron chi connectivity index (χ0n) is 14.0. The van der Waals surface area contributed by atoms with E-state index < -0.39 is 5.63 Å². The molecule has 2 aromatic heterocycles. The number of aryl methyl sites for hydroxylation is 3. The minimum Gasteiger partial charge on any atom is -0.490 e. The van der Waals surface area contributed by atoms with E-state index in [1.54, 1.807) is 13.0 Å². The second-order valence-electron chi connectivity index (χ2n) is 5.98. The van der Waals surface area contributed by atoms with Crippen LogP contribution in [0.25, 0.3) is 0 Å². The van der Waals surface area contributed by atoms with Crippen molar-refractivity contribution in [3.8, 4) is 5.75 Å². The Morgan fingerprint density at radius 1 is 1.29 bits per heavy atom. The van der Waals surface area contributed by atoms with Gasteiger partial charge in [-0.1, -0.05) is 0 Å². The van der Waals surface area contributed by atoms with E-state index in [-0.39, 0.29) is 12.0 Å². The first-order valence-electron chi connectivity index (χ1n) is 7.94. The fraction of sp³-hybridized carbons (Fsp3) is 0.471. The fourth-order valence-corrected chi connectivity index (χ4v) is 3.77. The van der Waals surface area contributed by atoms with Crippen LogP contribution in [-0.2, 0) is 0 Å². The predicted molar refractivity (Wildman–Crippen MR) is 90.9 cm³/mol. The zero-order valence-corrected chi connectivity index (χ0v) is 14.8. The number of carbonyl (C=O) groups is 1. The number of carbonyl (C=O) groups excluding carboxylic acids is 1. The molecule has 0 saturated carbocycles. The summed E-state index contributed by atoms with van der Waals surface area (Å²) in [6, 6.07) is 3.07. The van der Waals surface area contributed by atoms with Crippen LogP contribution < -0.4 is 10.4 Å². The summed E-state index contributed by atoms with van der Waals surface area (Å²) in [7, 11) is 0. The molecule has 0 atom stereocenters. The van der Waals surface area contributed by atoms with Gasteiger partial charge in [0.2, 0.25) is 0 Å². The highest BCUT2D eigenvalue weighted by Crippen LogP contribution is 2.23. The van der Waals surface area contributed by atoms with Gasteiger partial charge in [0.1, 0.15) is 22.5 Å². The first kappa shape index (κ1) is 16.7. The SMILES string of the molecule is Cc1cc(OC2CCN(C(=O)c3sc(C)nc3C)CC2)cc(=O)o1. The number of ether oxygens (including phenoxy) is 1. The third kappa shape index (κ3) is 3.67. The van der Waals surface area contributed by atoms with Gasteiger partial charge in [0.15, 0.2) is 0 Å². The molecule has 0 N–H and O–H groups in total. The molecule has 24 heavy (non-hydrogen) atoms. The summed E-state index contributed by atoms with van der Waals surface area (Å²) in [5.41, 5.74) is 0.390. The number of piperidine rings is 1. The van der Waals surface area contributed by atoms with Crippen LogP contribution in [0.15, 0.2) is 21.3 Å². The second kappa shape index (κ2) is 6.76. The summed E-state index contributed by atoms with van der Waals surface area (Å²) in [4.78, 5) is 30.9. The number of rotatable bonds is 3. The first-order valence-corrected chi connectivity index (χ1v) is 8.76. The van der Waals surface area contributed by atoms with Crippen LogP contribution >= 0.6 is 11.3 Å². The summed E-state index contributed by atoms with van der Waals surface area (Å²) in [5.74, 6) is 1.11. The number of likely N-dealkylation sites (tertiary alicyclic amines) is 1. The Bertz CT molecular complexity index is 803. The van der Waals surface area contributed by atoms with Crippen molar-refractivity contribution in [2.75, 3.05) is 13.1 Å². The summed E-state index contributed by atoms with van der Waals surface area (Å²) in [6.07, 6.45) is 1.48. The number of nitrogens with zero attached hydrogens (tertiary/aromatic N) is 2. The monoisotopic (exact) mass is 348 g/mol. The molecule has 0 aromatic carbocycles. The van der Waals surface area contributed by atoms with Gasteiger partial charge >= 0.3 is 5.63 Å². The first-order chi connectivity index (χ1) is 11.4. The topological polar surface area (TPSA) is 72.6 Å². The maximum atomic E-state index is 12.6. The van der Waals surface area contributed by atoms with E-state index in [1.165, 1.54) is 17.4 Å². The van der Waals surface area contributed by atoms with Gasteiger partial charge < -0.3 is 14.1 Å². The van der Waals surface area contributed by atoms with E-state index in [0.717, 1.165) is 28.4 Å². The highest BCUT2D eigenvalue weighted by atomic mass is 32.1. The van der Waals surface area contributed by atoms with Crippen LogP contribution in [0.2, 0.25) is 0 Å². The van der Waals surface area contributed by atoms with Crippen molar-refractivity contribution in [1.29, 1.82) is 0 Å². The van der Waals surface area contributed by atoms with E-state index in [2.05, 4.69) is 4.98 Å². The summed E-state index contributed by atoms with van der Waals surface area (Å²) >= 11 is 1.44. The van der Waals surface area contributed by atoms with Gasteiger partial charge in [-0.3, -0.25) is 4.79 Å². The lowest BCUT2D eigenvalue weighted by atomic mass is 10.1. The van der Waals surface area contributed by atoms with Gasteiger partial charge in [-0.05, 0) is 20.8 Å². The minimum absolute atomic E-state index is 0.000422. The molecule has 1 amide bonds. The Kier molecular flexibility index (Phi) is 4.71. The van der Waals surface area contributed by atoms with Crippen molar-refractivity contribution < 1.29 is 13.9 Å². The number of amides is 1. The molecular formula is C17H20N2O4S. The third-order valence-corrected chi connectivity index (χ3v) is 5.06. The molecule has 0 radical (unpaired) electrons. The van der Waals surface area contributed by atoms with Crippen molar-refractivity contribution in [3.63, 3.8) is 0 Å². The van der Waals surface area contributed by atoms with Crippen LogP contribution in [-0.4, -0.2) is 35.0 Å². The molecular weight excluding hydrogens is 328 g/mol. The molecule has 3 heterocycles. The van der Waals surface area contributed by atoms with Gasteiger partial charge in [-0.15, -0.1) is 11.3 Å². The number of hydrogen-bond acceptors (Lipinski definition) is 6. The largest absolute Gasteiger partial charge is 0.490 e. The molecule has 7 heteroatoms. The van der Waals surface area contributed by atoms with Crippen molar-refractivity contribution in [1.82, 2.24) is 9.88 Å². The van der Waals surface area contributed by atoms with E-state index in [4.69, 9.17) is 9.15 Å². The molecule has 128 valence electrons. The highest BCUT2D eigenvalue weighted by Gasteiger charge is 2.27. The quantitative estimate of drug-likeness (QED) is 0.853. The fourth-order valence-electron chi connectivity index (χ4n) is 2.89. The van der Waals surface area contributed by atoms with Crippen molar-refractivity contribution in [2.45, 2.75) is 39.7 Å². The van der Waals surface area contributed by atoms with Crippen LogP contribution in [0.5, 0.6) is 5.75 Å². The van der Waals surface area contributed by atoms with Gasteiger partial charge in [-0.2, -0.15) is 0 Å². The Hall–Kier alpha value is -2.15. The molecule has 0 aliphatic carbocycles. The molecule has 3 rings (SSSR count). The minimum atomic E-state index is -0.409. The summed E-state index contributed by atoms with van der Waals surface area (Å²) in [5, 5.41) is 0.910. The molecule has 1 aliphatic rings. The summed E-state index contributed by atoms with van der Waals surface area (Å²) < 4.78 is 10.8. The van der Waals surface area contributed by atoms with Crippen LogP contribution in [0, 0.1) is 20.8 Å². The molecule has 1 saturated heterocycles. The Balaban J connectivity index is 1.60. The maximum Gasteiger partial charge on any atom is 0.339 e. The smallest absolute Gasteiger partial charge is 0.339 e. The molecule has 0 spiro atoms. The van der Waals surface area contributed by atoms with Gasteiger partial charge in [0.05, 0.1) is 16.8 Å². The van der Waals surface area contributed by atoms with E-state index >= 15 is 0 Å². The second-order valence-corrected chi connectivity index (χ2v) is 7.18. The molecule has 2 aromatic rings. The normalized spacial score (nSPS) is 15.5. The van der Waals surface area contributed by atoms with Gasteiger partial charge in [0, 0.05) is 32.0 Å². The van der Waals surface area contributed by atoms with E-state index in [1.807, 2.05) is 18.7 Å². The standard InChI is InChI=1S/C17H20N2O4S/c1-10-8-14(9-15(20)22-10)23-13-4-6-19(7-5-13)17(21)16-11(2)18-12(3)24-16/h8-9,13H,4-7H2,1-3H3. The molecule has 1 fully saturated rings. The average Bonchev–Trinajstić information content (AvgIpc) is 2.85. The Labute approximate surface area is 144 Å². The summed E-state index contributed by atoms with van der Waals surface area (Å²) in [6.45, 7) is 6.78. The molecule has 0 unspecified atom stereocenters. The highest BCUT2D eigenvalue weighted by molar-refractivity contribution is 7.13. The van der Waals surface area contributed by atoms with Crippen LogP contribution in [0.4, 0.5) is 0 Å². The molecule has 1 aliphatic heterocycles. The van der Waals surface area contributed by atoms with Gasteiger partial charge in [-0.25, -0.2) is 9.78 Å². The van der Waals surface area contributed by atoms with Crippen LogP contribution in [0.3, 0.4) is 0 Å². The maximum absolute atomic E-state index is 12.6. The van der Waals surface area contributed by atoms with E-state index in [0.29, 0.717) is 24.6 Å². The zero-order chi connectivity index (χ0) is 17.3. The molecule has 0 bridgehead atoms. The average molecular weight is 348 g/mol. The Morgan fingerprint density at radius 2 is 2.00 bits per heavy atom. The van der Waals surface area contributed by atoms with Gasteiger partial charge in [0.25, 0.3) is 5.91 Å². The molecule has 6 nitrogen and oxygen atoms in total. The van der Waals surface area contributed by atoms with Crippen molar-refractivity contribution >= 4 is 17.2 Å². The predicted octanol–water partition coefficient (Wildman–Crippen LogP) is 2.71. The number of thiazole rings is 1. The van der Waals surface area contributed by atoms with Crippen molar-refractivity contribution in [2.24, 2.45) is 0 Å². The number of hydrogen-bond donors (Lipinski definition) is 0. The van der Waals surface area contributed by atoms with Crippen LogP contribution in [0.1, 0.15) is 39.0 Å². The lowest BCUT2D eigenvalue weighted by Crippen LogP contribution is -2.41. The lowest BCUT2D eigenvalue weighted by Gasteiger charge is -2.32.